The number of phenolic OH excluding ortho intramolecular Hbond substituents is 1. The molecule has 1 unspecified atom stereocenters. The van der Waals surface area contributed by atoms with Gasteiger partial charge in [-0.1, -0.05) is 12.5 Å². The molecule has 0 amide bonds. The molecule has 1 aromatic rings. The lowest BCUT2D eigenvalue weighted by Crippen LogP contribution is -2.27. The van der Waals surface area contributed by atoms with E-state index in [0.29, 0.717) is 6.04 Å². The zero-order valence-corrected chi connectivity index (χ0v) is 8.99. The Balaban J connectivity index is 2.25. The highest BCUT2D eigenvalue weighted by molar-refractivity contribution is 5.42. The van der Waals surface area contributed by atoms with E-state index in [0.717, 1.165) is 24.3 Å². The van der Waals surface area contributed by atoms with Crippen LogP contribution in [0.3, 0.4) is 0 Å². The summed E-state index contributed by atoms with van der Waals surface area (Å²) in [6, 6.07) is 5.70. The topological polar surface area (TPSA) is 41.5 Å². The third-order valence-electron chi connectivity index (χ3n) is 2.90. The molecule has 1 atom stereocenters. The highest BCUT2D eigenvalue weighted by atomic mass is 16.5. The predicted molar refractivity (Wildman–Crippen MR) is 59.3 cm³/mol. The number of benzene rings is 1. The second-order valence-electron chi connectivity index (χ2n) is 3.93. The smallest absolute Gasteiger partial charge is 0.127 e. The molecule has 0 bridgehead atoms. The Bertz CT molecular complexity index is 332. The number of aromatic hydroxyl groups is 1. The SMILES string of the molecule is COc1cc(O)ccc1C1CCCCN1. The van der Waals surface area contributed by atoms with Crippen molar-refractivity contribution in [1.29, 1.82) is 0 Å². The molecule has 1 aliphatic heterocycles. The van der Waals surface area contributed by atoms with Crippen molar-refractivity contribution in [2.75, 3.05) is 13.7 Å². The van der Waals surface area contributed by atoms with Gasteiger partial charge >= 0.3 is 0 Å². The van der Waals surface area contributed by atoms with Crippen LogP contribution in [-0.2, 0) is 0 Å². The quantitative estimate of drug-likeness (QED) is 0.781. The monoisotopic (exact) mass is 207 g/mol. The van der Waals surface area contributed by atoms with E-state index in [4.69, 9.17) is 4.74 Å². The summed E-state index contributed by atoms with van der Waals surface area (Å²) < 4.78 is 5.28. The van der Waals surface area contributed by atoms with Gasteiger partial charge in [0.25, 0.3) is 0 Å². The summed E-state index contributed by atoms with van der Waals surface area (Å²) in [7, 11) is 1.64. The molecule has 0 saturated carbocycles. The third kappa shape index (κ3) is 2.23. The summed E-state index contributed by atoms with van der Waals surface area (Å²) in [5.41, 5.74) is 1.15. The molecule has 0 aliphatic carbocycles. The summed E-state index contributed by atoms with van der Waals surface area (Å²) in [5, 5.41) is 12.8. The molecule has 2 N–H and O–H groups in total. The zero-order chi connectivity index (χ0) is 10.7. The van der Waals surface area contributed by atoms with Crippen LogP contribution in [0, 0.1) is 0 Å². The lowest BCUT2D eigenvalue weighted by atomic mass is 9.97. The Kier molecular flexibility index (Phi) is 3.11. The number of piperidine rings is 1. The Morgan fingerprint density at radius 1 is 1.40 bits per heavy atom. The van der Waals surface area contributed by atoms with Crippen molar-refractivity contribution in [1.82, 2.24) is 5.32 Å². The van der Waals surface area contributed by atoms with E-state index in [2.05, 4.69) is 5.32 Å². The van der Waals surface area contributed by atoms with E-state index in [-0.39, 0.29) is 5.75 Å². The first-order valence-corrected chi connectivity index (χ1v) is 5.41. The molecule has 1 saturated heterocycles. The number of nitrogens with one attached hydrogen (secondary N) is 1. The van der Waals surface area contributed by atoms with Crippen molar-refractivity contribution in [3.05, 3.63) is 23.8 Å². The molecule has 1 heterocycles. The van der Waals surface area contributed by atoms with Crippen LogP contribution in [0.5, 0.6) is 11.5 Å². The van der Waals surface area contributed by atoms with Gasteiger partial charge in [-0.05, 0) is 25.5 Å². The summed E-state index contributed by atoms with van der Waals surface area (Å²) in [6.07, 6.45) is 3.64. The molecule has 15 heavy (non-hydrogen) atoms. The number of methoxy groups -OCH3 is 1. The van der Waals surface area contributed by atoms with Gasteiger partial charge in [0.15, 0.2) is 0 Å². The van der Waals surface area contributed by atoms with Crippen LogP contribution in [0.25, 0.3) is 0 Å². The van der Waals surface area contributed by atoms with Gasteiger partial charge in [-0.25, -0.2) is 0 Å². The van der Waals surface area contributed by atoms with E-state index in [1.807, 2.05) is 6.07 Å². The summed E-state index contributed by atoms with van der Waals surface area (Å²) in [4.78, 5) is 0. The number of phenols is 1. The van der Waals surface area contributed by atoms with E-state index in [9.17, 15) is 5.11 Å². The van der Waals surface area contributed by atoms with Crippen LogP contribution >= 0.6 is 0 Å². The fraction of sp³-hybridized carbons (Fsp3) is 0.500. The molecule has 0 aromatic heterocycles. The molecule has 1 aliphatic rings. The maximum absolute atomic E-state index is 9.37. The standard InChI is InChI=1S/C12H17NO2/c1-15-12-8-9(14)5-6-10(12)11-4-2-3-7-13-11/h5-6,8,11,13-14H,2-4,7H2,1H3. The van der Waals surface area contributed by atoms with E-state index in [1.54, 1.807) is 19.2 Å². The lowest BCUT2D eigenvalue weighted by Gasteiger charge is -2.25. The molecule has 1 aromatic carbocycles. The lowest BCUT2D eigenvalue weighted by molar-refractivity contribution is 0.370. The summed E-state index contributed by atoms with van der Waals surface area (Å²) in [6.45, 7) is 1.06. The molecular weight excluding hydrogens is 190 g/mol. The average molecular weight is 207 g/mol. The zero-order valence-electron chi connectivity index (χ0n) is 8.99. The minimum atomic E-state index is 0.256. The summed E-state index contributed by atoms with van der Waals surface area (Å²) in [5.74, 6) is 1.03. The fourth-order valence-corrected chi connectivity index (χ4v) is 2.10. The minimum absolute atomic E-state index is 0.256. The Morgan fingerprint density at radius 3 is 2.93 bits per heavy atom. The first kappa shape index (κ1) is 10.3. The van der Waals surface area contributed by atoms with Gasteiger partial charge in [0.05, 0.1) is 7.11 Å². The molecule has 1 fully saturated rings. The first-order chi connectivity index (χ1) is 7.31. The van der Waals surface area contributed by atoms with Gasteiger partial charge in [0, 0.05) is 17.7 Å². The van der Waals surface area contributed by atoms with Gasteiger partial charge in [0.2, 0.25) is 0 Å². The van der Waals surface area contributed by atoms with E-state index in [1.165, 1.54) is 12.8 Å². The van der Waals surface area contributed by atoms with Crippen molar-refractivity contribution in [3.63, 3.8) is 0 Å². The Hall–Kier alpha value is -1.22. The van der Waals surface area contributed by atoms with Crippen molar-refractivity contribution in [2.45, 2.75) is 25.3 Å². The largest absolute Gasteiger partial charge is 0.508 e. The number of ether oxygens (including phenoxy) is 1. The number of hydrogen-bond acceptors (Lipinski definition) is 3. The molecule has 3 heteroatoms. The van der Waals surface area contributed by atoms with E-state index < -0.39 is 0 Å². The van der Waals surface area contributed by atoms with Gasteiger partial charge in [-0.3, -0.25) is 0 Å². The summed E-state index contributed by atoms with van der Waals surface area (Å²) >= 11 is 0. The van der Waals surface area contributed by atoms with E-state index >= 15 is 0 Å². The van der Waals surface area contributed by atoms with Gasteiger partial charge in [-0.2, -0.15) is 0 Å². The maximum Gasteiger partial charge on any atom is 0.127 e. The van der Waals surface area contributed by atoms with Crippen molar-refractivity contribution in [3.8, 4) is 11.5 Å². The maximum atomic E-state index is 9.37. The molecule has 0 radical (unpaired) electrons. The molecule has 3 nitrogen and oxygen atoms in total. The normalized spacial score (nSPS) is 21.3. The Morgan fingerprint density at radius 2 is 2.27 bits per heavy atom. The van der Waals surface area contributed by atoms with Gasteiger partial charge in [-0.15, -0.1) is 0 Å². The van der Waals surface area contributed by atoms with Crippen LogP contribution < -0.4 is 10.1 Å². The number of rotatable bonds is 2. The second kappa shape index (κ2) is 4.53. The molecule has 0 spiro atoms. The molecule has 2 rings (SSSR count). The predicted octanol–water partition coefficient (Wildman–Crippen LogP) is 2.22. The Labute approximate surface area is 90.1 Å². The average Bonchev–Trinajstić information content (AvgIpc) is 2.30. The van der Waals surface area contributed by atoms with Gasteiger partial charge < -0.3 is 15.2 Å². The molecule has 82 valence electrons. The van der Waals surface area contributed by atoms with Crippen LogP contribution in [0.15, 0.2) is 18.2 Å². The van der Waals surface area contributed by atoms with Crippen LogP contribution in [0.4, 0.5) is 0 Å². The highest BCUT2D eigenvalue weighted by Crippen LogP contribution is 2.32. The first-order valence-electron chi connectivity index (χ1n) is 5.41. The van der Waals surface area contributed by atoms with Crippen LogP contribution in [0.2, 0.25) is 0 Å². The van der Waals surface area contributed by atoms with Gasteiger partial charge in [0.1, 0.15) is 11.5 Å². The van der Waals surface area contributed by atoms with Crippen LogP contribution in [-0.4, -0.2) is 18.8 Å². The molecular formula is C12H17NO2. The van der Waals surface area contributed by atoms with Crippen molar-refractivity contribution < 1.29 is 9.84 Å². The van der Waals surface area contributed by atoms with Crippen LogP contribution in [0.1, 0.15) is 30.9 Å². The second-order valence-corrected chi connectivity index (χ2v) is 3.93. The highest BCUT2D eigenvalue weighted by Gasteiger charge is 2.18. The van der Waals surface area contributed by atoms with Crippen molar-refractivity contribution >= 4 is 0 Å². The van der Waals surface area contributed by atoms with Crippen molar-refractivity contribution in [2.24, 2.45) is 0 Å². The fourth-order valence-electron chi connectivity index (χ4n) is 2.10. The number of hydrogen-bond donors (Lipinski definition) is 2. The third-order valence-corrected chi connectivity index (χ3v) is 2.90. The minimum Gasteiger partial charge on any atom is -0.508 e.